The van der Waals surface area contributed by atoms with Crippen LogP contribution in [-0.2, 0) is 0 Å². The number of nitrogens with two attached hydrogens (primary N) is 1. The van der Waals surface area contributed by atoms with Crippen molar-refractivity contribution in [3.63, 3.8) is 0 Å². The second-order valence-electron chi connectivity index (χ2n) is 15.0. The summed E-state index contributed by atoms with van der Waals surface area (Å²) in [6, 6.07) is 5.41. The predicted octanol–water partition coefficient (Wildman–Crippen LogP) is 12.0. The topological polar surface area (TPSA) is 100 Å². The number of carbonyl (C=O) groups excluding carboxylic acids is 1. The summed E-state index contributed by atoms with van der Waals surface area (Å²) >= 11 is 0. The molecule has 9 heteroatoms. The van der Waals surface area contributed by atoms with E-state index in [2.05, 4.69) is 42.5 Å². The fourth-order valence-electron chi connectivity index (χ4n) is 6.38. The molecule has 0 unspecified atom stereocenters. The van der Waals surface area contributed by atoms with E-state index in [0.29, 0.717) is 28.7 Å². The summed E-state index contributed by atoms with van der Waals surface area (Å²) in [5.74, 6) is -1.37. The number of piperidine rings is 1. The number of alkyl halides is 2. The van der Waals surface area contributed by atoms with Gasteiger partial charge in [0.1, 0.15) is 5.82 Å². The van der Waals surface area contributed by atoms with Crippen molar-refractivity contribution in [2.24, 2.45) is 11.7 Å². The zero-order chi connectivity index (χ0) is 40.6. The smallest absolute Gasteiger partial charge is 0.270 e. The van der Waals surface area contributed by atoms with Gasteiger partial charge < -0.3 is 20.5 Å². The molecule has 7 nitrogen and oxygen atoms in total. The van der Waals surface area contributed by atoms with Gasteiger partial charge in [0.2, 0.25) is 0 Å². The molecule has 0 radical (unpaired) electrons. The van der Waals surface area contributed by atoms with Gasteiger partial charge in [0.25, 0.3) is 11.8 Å². The minimum absolute atomic E-state index is 0.107. The number of aromatic nitrogens is 2. The van der Waals surface area contributed by atoms with E-state index >= 15 is 0 Å². The van der Waals surface area contributed by atoms with Crippen LogP contribution in [0.15, 0.2) is 65.4 Å². The van der Waals surface area contributed by atoms with Crippen molar-refractivity contribution < 1.29 is 13.6 Å². The van der Waals surface area contributed by atoms with Gasteiger partial charge in [-0.1, -0.05) is 96.7 Å². The average Bonchev–Trinajstić information content (AvgIpc) is 3.48. The Hall–Kier alpha value is -4.27. The Labute approximate surface area is 325 Å². The summed E-state index contributed by atoms with van der Waals surface area (Å²) in [5, 5.41) is 11.5. The molecule has 1 atom stereocenters. The number of nitrogens with zero attached hydrogens (tertiary/aromatic N) is 3. The fourth-order valence-corrected chi connectivity index (χ4v) is 6.38. The lowest BCUT2D eigenvalue weighted by molar-refractivity contribution is 0.0672. The summed E-state index contributed by atoms with van der Waals surface area (Å²) in [4.78, 5) is 20.8. The number of amides is 1. The fraction of sp³-hybridized carbons (Fsp3) is 0.533. The molecule has 1 aromatic heterocycles. The van der Waals surface area contributed by atoms with Crippen molar-refractivity contribution >= 4 is 23.6 Å². The highest BCUT2D eigenvalue weighted by Gasteiger charge is 2.30. The van der Waals surface area contributed by atoms with Crippen LogP contribution >= 0.6 is 0 Å². The first-order valence-corrected chi connectivity index (χ1v) is 19.9. The highest BCUT2D eigenvalue weighted by atomic mass is 19.3. The molecular formula is C45H68F2N6O. The van der Waals surface area contributed by atoms with E-state index in [-0.39, 0.29) is 17.4 Å². The number of allylic oxidation sites excluding steroid dienone is 8. The summed E-state index contributed by atoms with van der Waals surface area (Å²) in [5.41, 5.74) is 12.1. The molecule has 3 rings (SSSR count). The third-order valence-corrected chi connectivity index (χ3v) is 9.45. The van der Waals surface area contributed by atoms with Gasteiger partial charge in [-0.25, -0.2) is 13.8 Å². The minimum Gasteiger partial charge on any atom is -0.397 e. The molecule has 1 amide bonds. The number of hydrogen-bond acceptors (Lipinski definition) is 4. The number of carbonyl (C=O) groups is 1. The highest BCUT2D eigenvalue weighted by molar-refractivity contribution is 5.96. The first-order valence-electron chi connectivity index (χ1n) is 19.9. The number of imidazole rings is 1. The Morgan fingerprint density at radius 1 is 1.15 bits per heavy atom. The third-order valence-electron chi connectivity index (χ3n) is 9.45. The van der Waals surface area contributed by atoms with Gasteiger partial charge in [-0.2, -0.15) is 0 Å². The normalized spacial score (nSPS) is 16.2. The third kappa shape index (κ3) is 13.5. The lowest BCUT2D eigenvalue weighted by atomic mass is 9.96. The van der Waals surface area contributed by atoms with Crippen molar-refractivity contribution in [1.29, 1.82) is 5.41 Å². The number of unbranched alkanes of at least 4 members (excludes halogenated alkanes) is 2. The van der Waals surface area contributed by atoms with Crippen LogP contribution in [0, 0.1) is 18.3 Å². The van der Waals surface area contributed by atoms with Gasteiger partial charge >= 0.3 is 0 Å². The van der Waals surface area contributed by atoms with Crippen LogP contribution in [0.25, 0.3) is 23.2 Å². The molecule has 0 bridgehead atoms. The van der Waals surface area contributed by atoms with Gasteiger partial charge in [0.15, 0.2) is 0 Å². The molecule has 1 saturated heterocycles. The summed E-state index contributed by atoms with van der Waals surface area (Å²) in [6.07, 6.45) is 18.6. The van der Waals surface area contributed by atoms with Gasteiger partial charge in [-0.15, -0.1) is 0 Å². The maximum Gasteiger partial charge on any atom is 0.270 e. The van der Waals surface area contributed by atoms with E-state index in [1.807, 2.05) is 59.0 Å². The SMILES string of the molecule is C/C=C\n1c([C@H]2CCCN(C(=N)CC(C)C)C2)nc(-c2ccc(C(=O)N/C(C)=C/C(=C\C=C(/C)CC)C(C)(F)F)cc2C)c1/C(N)=C/CC.CCCCC. The maximum atomic E-state index is 14.4. The molecule has 4 N–H and O–H groups in total. The van der Waals surface area contributed by atoms with Crippen LogP contribution < -0.4 is 11.1 Å². The van der Waals surface area contributed by atoms with Gasteiger partial charge in [0.05, 0.1) is 22.9 Å². The molecule has 0 saturated carbocycles. The van der Waals surface area contributed by atoms with Crippen LogP contribution in [0.3, 0.4) is 0 Å². The van der Waals surface area contributed by atoms with E-state index in [1.54, 1.807) is 25.1 Å². The second kappa shape index (κ2) is 22.2. The van der Waals surface area contributed by atoms with E-state index in [0.717, 1.165) is 86.0 Å². The van der Waals surface area contributed by atoms with Crippen molar-refractivity contribution in [2.75, 3.05) is 13.1 Å². The molecule has 54 heavy (non-hydrogen) atoms. The summed E-state index contributed by atoms with van der Waals surface area (Å²) in [7, 11) is 0. The number of halogens is 2. The van der Waals surface area contributed by atoms with Crippen LogP contribution in [0.1, 0.15) is 154 Å². The lowest BCUT2D eigenvalue weighted by Crippen LogP contribution is -2.39. The number of likely N-dealkylation sites (tertiary alicyclic amines) is 1. The van der Waals surface area contributed by atoms with Crippen molar-refractivity contribution in [3.05, 3.63) is 88.1 Å². The molecule has 1 aromatic carbocycles. The Kier molecular flexibility index (Phi) is 18.9. The summed E-state index contributed by atoms with van der Waals surface area (Å²) in [6.45, 7) is 22.6. The lowest BCUT2D eigenvalue weighted by Gasteiger charge is -2.34. The number of rotatable bonds is 15. The Morgan fingerprint density at radius 3 is 2.37 bits per heavy atom. The molecule has 2 heterocycles. The Morgan fingerprint density at radius 2 is 1.83 bits per heavy atom. The monoisotopic (exact) mass is 747 g/mol. The van der Waals surface area contributed by atoms with Crippen LogP contribution in [0.5, 0.6) is 0 Å². The Bertz CT molecular complexity index is 1700. The molecule has 0 spiro atoms. The molecule has 2 aromatic rings. The van der Waals surface area contributed by atoms with Crippen molar-refractivity contribution in [3.8, 4) is 11.3 Å². The zero-order valence-corrected chi connectivity index (χ0v) is 35.0. The molecule has 298 valence electrons. The van der Waals surface area contributed by atoms with E-state index in [1.165, 1.54) is 31.4 Å². The van der Waals surface area contributed by atoms with Crippen LogP contribution in [0.2, 0.25) is 0 Å². The average molecular weight is 747 g/mol. The van der Waals surface area contributed by atoms with Crippen molar-refractivity contribution in [2.45, 2.75) is 139 Å². The van der Waals surface area contributed by atoms with E-state index < -0.39 is 5.92 Å². The molecule has 1 aliphatic rings. The van der Waals surface area contributed by atoms with Crippen LogP contribution in [-0.4, -0.2) is 45.2 Å². The number of aryl methyl sites for hydroxylation is 1. The first kappa shape index (κ1) is 45.9. The maximum absolute atomic E-state index is 14.4. The van der Waals surface area contributed by atoms with E-state index in [9.17, 15) is 13.6 Å². The van der Waals surface area contributed by atoms with Gasteiger partial charge in [-0.05, 0) is 83.1 Å². The number of nitrogens with one attached hydrogen (secondary N) is 2. The molecule has 1 fully saturated rings. The predicted molar refractivity (Wildman–Crippen MR) is 226 cm³/mol. The Balaban J connectivity index is 0.00000188. The second-order valence-corrected chi connectivity index (χ2v) is 15.0. The zero-order valence-electron chi connectivity index (χ0n) is 35.0. The number of amidine groups is 1. The van der Waals surface area contributed by atoms with Crippen molar-refractivity contribution in [1.82, 2.24) is 19.8 Å². The van der Waals surface area contributed by atoms with Crippen LogP contribution in [0.4, 0.5) is 8.78 Å². The van der Waals surface area contributed by atoms with E-state index in [4.69, 9.17) is 16.1 Å². The number of benzene rings is 1. The van der Waals surface area contributed by atoms with Gasteiger partial charge in [-0.3, -0.25) is 10.2 Å². The largest absolute Gasteiger partial charge is 0.397 e. The standard InChI is InChI=1S/C40H56F2N6O.C5H12/c1-10-14-34(43)37-36(46-38(48(37)20-11-2)31-15-13-21-47(25-31)35(44)22-26(4)5)33-19-17-30(23-28(33)7)39(49)45-29(8)24-32(40(9,41)42)18-16-27(6)12-3;1-3-5-4-2/h11,14,16-20,23-24,26,31,44H,10,12-13,15,21-22,25,43H2,1-9H3,(H,45,49);3-5H2,1-2H3/b20-11-,27-16+,29-24+,32-18+,34-14-,44-35?;/t31-;/m0./s1. The first-order chi connectivity index (χ1) is 25.5. The molecular weight excluding hydrogens is 679 g/mol. The highest BCUT2D eigenvalue weighted by Crippen LogP contribution is 2.36. The quantitative estimate of drug-likeness (QED) is 0.0959. The minimum atomic E-state index is -3.07. The molecule has 0 aliphatic carbocycles. The number of hydrogen-bond donors (Lipinski definition) is 3. The molecule has 1 aliphatic heterocycles. The summed E-state index contributed by atoms with van der Waals surface area (Å²) < 4.78 is 30.8. The van der Waals surface area contributed by atoms with Gasteiger partial charge in [0, 0.05) is 60.9 Å².